The van der Waals surface area contributed by atoms with Gasteiger partial charge >= 0.3 is 6.09 Å². The van der Waals surface area contributed by atoms with Gasteiger partial charge in [-0.1, -0.05) is 12.1 Å². The topological polar surface area (TPSA) is 59.0 Å². The van der Waals surface area contributed by atoms with Crippen LogP contribution in [0.4, 0.5) is 4.79 Å². The van der Waals surface area contributed by atoms with Gasteiger partial charge in [-0.3, -0.25) is 0 Å². The monoisotopic (exact) mass is 321 g/mol. The Hall–Kier alpha value is -1.75. The van der Waals surface area contributed by atoms with E-state index in [0.717, 1.165) is 17.7 Å². The van der Waals surface area contributed by atoms with Crippen LogP contribution in [0.1, 0.15) is 38.7 Å². The molecule has 128 valence electrons. The number of piperidine rings is 1. The highest BCUT2D eigenvalue weighted by Gasteiger charge is 2.34. The average Bonchev–Trinajstić information content (AvgIpc) is 2.52. The van der Waals surface area contributed by atoms with E-state index in [2.05, 4.69) is 6.07 Å². The lowest BCUT2D eigenvalue weighted by molar-refractivity contribution is 0.0102. The van der Waals surface area contributed by atoms with Gasteiger partial charge in [0.1, 0.15) is 11.4 Å². The molecule has 0 aliphatic carbocycles. The van der Waals surface area contributed by atoms with Crippen molar-refractivity contribution in [3.05, 3.63) is 29.8 Å². The molecule has 2 atom stereocenters. The minimum Gasteiger partial charge on any atom is -0.497 e. The first kappa shape index (κ1) is 17.6. The van der Waals surface area contributed by atoms with Crippen molar-refractivity contribution >= 4 is 6.09 Å². The first-order valence-electron chi connectivity index (χ1n) is 8.07. The van der Waals surface area contributed by atoms with E-state index >= 15 is 0 Å². The Balaban J connectivity index is 2.08. The van der Waals surface area contributed by atoms with E-state index < -0.39 is 5.60 Å². The Labute approximate surface area is 138 Å². The van der Waals surface area contributed by atoms with Gasteiger partial charge in [0.25, 0.3) is 0 Å². The molecule has 0 unspecified atom stereocenters. The lowest BCUT2D eigenvalue weighted by atomic mass is 9.81. The third-order valence-corrected chi connectivity index (χ3v) is 4.14. The van der Waals surface area contributed by atoms with Gasteiger partial charge in [-0.2, -0.15) is 0 Å². The standard InChI is InChI=1S/C18H27NO4/c1-18(2,3)23-17(21)19-9-8-16(14(11-19)12-20)13-6-5-7-15(10-13)22-4/h5-7,10,14,16,20H,8-9,11-12H2,1-4H3/t14-,16-/m1/s1. The number of nitrogens with zero attached hydrogens (tertiary/aromatic N) is 1. The Bertz CT molecular complexity index is 538. The molecule has 1 N–H and O–H groups in total. The number of hydrogen-bond acceptors (Lipinski definition) is 4. The zero-order valence-electron chi connectivity index (χ0n) is 14.4. The Morgan fingerprint density at radius 1 is 1.39 bits per heavy atom. The minimum absolute atomic E-state index is 0.00312. The molecule has 23 heavy (non-hydrogen) atoms. The van der Waals surface area contributed by atoms with Gasteiger partial charge in [-0.25, -0.2) is 4.79 Å². The minimum atomic E-state index is -0.505. The van der Waals surface area contributed by atoms with E-state index in [9.17, 15) is 9.90 Å². The van der Waals surface area contributed by atoms with Gasteiger partial charge in [-0.15, -0.1) is 0 Å². The van der Waals surface area contributed by atoms with Gasteiger partial charge in [0.15, 0.2) is 0 Å². The molecule has 0 radical (unpaired) electrons. The third kappa shape index (κ3) is 4.61. The number of aliphatic hydroxyl groups is 1. The molecule has 1 amide bonds. The number of likely N-dealkylation sites (tertiary alicyclic amines) is 1. The van der Waals surface area contributed by atoms with Crippen LogP contribution in [0.2, 0.25) is 0 Å². The molecule has 2 rings (SSSR count). The second-order valence-corrected chi connectivity index (χ2v) is 7.04. The van der Waals surface area contributed by atoms with Crippen molar-refractivity contribution in [2.45, 2.75) is 38.7 Å². The van der Waals surface area contributed by atoms with Gasteiger partial charge < -0.3 is 19.5 Å². The molecule has 0 saturated carbocycles. The highest BCUT2D eigenvalue weighted by Crippen LogP contribution is 2.34. The molecule has 5 nitrogen and oxygen atoms in total. The lowest BCUT2D eigenvalue weighted by Gasteiger charge is -2.38. The Kier molecular flexibility index (Phi) is 5.52. The first-order chi connectivity index (χ1) is 10.8. The largest absolute Gasteiger partial charge is 0.497 e. The normalized spacial score (nSPS) is 21.9. The third-order valence-electron chi connectivity index (χ3n) is 4.14. The lowest BCUT2D eigenvalue weighted by Crippen LogP contribution is -2.46. The van der Waals surface area contributed by atoms with Crippen molar-refractivity contribution in [3.8, 4) is 5.75 Å². The Morgan fingerprint density at radius 2 is 2.13 bits per heavy atom. The highest BCUT2D eigenvalue weighted by molar-refractivity contribution is 5.68. The van der Waals surface area contributed by atoms with Gasteiger partial charge in [0, 0.05) is 25.6 Å². The van der Waals surface area contributed by atoms with E-state index in [1.807, 2.05) is 39.0 Å². The SMILES string of the molecule is COc1cccc([C@H]2CCN(C(=O)OC(C)(C)C)C[C@@H]2CO)c1. The zero-order chi connectivity index (χ0) is 17.0. The van der Waals surface area contributed by atoms with Gasteiger partial charge in [0.2, 0.25) is 0 Å². The predicted molar refractivity (Wildman–Crippen MR) is 88.7 cm³/mol. The van der Waals surface area contributed by atoms with Crippen LogP contribution in [0.5, 0.6) is 5.75 Å². The van der Waals surface area contributed by atoms with Crippen LogP contribution in [-0.4, -0.2) is 48.5 Å². The summed E-state index contributed by atoms with van der Waals surface area (Å²) in [7, 11) is 1.65. The second kappa shape index (κ2) is 7.21. The summed E-state index contributed by atoms with van der Waals surface area (Å²) < 4.78 is 10.7. The van der Waals surface area contributed by atoms with Crippen LogP contribution in [0, 0.1) is 5.92 Å². The molecule has 1 fully saturated rings. The number of aliphatic hydroxyl groups excluding tert-OH is 1. The van der Waals surface area contributed by atoms with E-state index in [1.165, 1.54) is 0 Å². The van der Waals surface area contributed by atoms with E-state index in [4.69, 9.17) is 9.47 Å². The van der Waals surface area contributed by atoms with E-state index in [0.29, 0.717) is 13.1 Å². The second-order valence-electron chi connectivity index (χ2n) is 7.04. The van der Waals surface area contributed by atoms with Crippen molar-refractivity contribution in [1.82, 2.24) is 4.90 Å². The maximum atomic E-state index is 12.2. The van der Waals surface area contributed by atoms with Crippen LogP contribution in [0.15, 0.2) is 24.3 Å². The average molecular weight is 321 g/mol. The number of amides is 1. The molecule has 1 saturated heterocycles. The number of methoxy groups -OCH3 is 1. The van der Waals surface area contributed by atoms with Crippen molar-refractivity contribution in [2.75, 3.05) is 26.8 Å². The highest BCUT2D eigenvalue weighted by atomic mass is 16.6. The zero-order valence-corrected chi connectivity index (χ0v) is 14.4. The number of hydrogen-bond donors (Lipinski definition) is 1. The summed E-state index contributed by atoms with van der Waals surface area (Å²) in [6, 6.07) is 7.94. The molecule has 0 bridgehead atoms. The quantitative estimate of drug-likeness (QED) is 0.929. The van der Waals surface area contributed by atoms with Gasteiger partial charge in [0.05, 0.1) is 7.11 Å². The molecule has 5 heteroatoms. The fourth-order valence-corrected chi connectivity index (χ4v) is 3.02. The van der Waals surface area contributed by atoms with Crippen LogP contribution < -0.4 is 4.74 Å². The summed E-state index contributed by atoms with van der Waals surface area (Å²) in [5, 5.41) is 9.77. The van der Waals surface area contributed by atoms with Crippen molar-refractivity contribution < 1.29 is 19.4 Å². The number of ether oxygens (including phenoxy) is 2. The molecule has 0 aromatic heterocycles. The molecule has 1 heterocycles. The summed E-state index contributed by atoms with van der Waals surface area (Å²) in [4.78, 5) is 13.9. The molecule has 1 aliphatic heterocycles. The summed E-state index contributed by atoms with van der Waals surface area (Å²) in [5.74, 6) is 1.03. The summed E-state index contributed by atoms with van der Waals surface area (Å²) in [6.45, 7) is 6.76. The summed E-state index contributed by atoms with van der Waals surface area (Å²) in [6.07, 6.45) is 0.498. The smallest absolute Gasteiger partial charge is 0.410 e. The number of carbonyl (C=O) groups is 1. The molecule has 1 aromatic rings. The van der Waals surface area contributed by atoms with E-state index in [1.54, 1.807) is 12.0 Å². The molecule has 1 aromatic carbocycles. The predicted octanol–water partition coefficient (Wildman–Crippen LogP) is 3.03. The van der Waals surface area contributed by atoms with Crippen LogP contribution in [0.3, 0.4) is 0 Å². The van der Waals surface area contributed by atoms with Crippen LogP contribution in [0.25, 0.3) is 0 Å². The molecular formula is C18H27NO4. The molecule has 1 aliphatic rings. The fraction of sp³-hybridized carbons (Fsp3) is 0.611. The summed E-state index contributed by atoms with van der Waals surface area (Å²) in [5.41, 5.74) is 0.641. The molecule has 0 spiro atoms. The first-order valence-corrected chi connectivity index (χ1v) is 8.07. The van der Waals surface area contributed by atoms with Crippen molar-refractivity contribution in [2.24, 2.45) is 5.92 Å². The maximum absolute atomic E-state index is 12.2. The van der Waals surface area contributed by atoms with Gasteiger partial charge in [-0.05, 0) is 50.8 Å². The van der Waals surface area contributed by atoms with Crippen LogP contribution >= 0.6 is 0 Å². The Morgan fingerprint density at radius 3 is 2.74 bits per heavy atom. The fourth-order valence-electron chi connectivity index (χ4n) is 3.02. The number of benzene rings is 1. The van der Waals surface area contributed by atoms with E-state index in [-0.39, 0.29) is 24.5 Å². The van der Waals surface area contributed by atoms with Crippen LogP contribution in [-0.2, 0) is 4.74 Å². The van der Waals surface area contributed by atoms with Crippen molar-refractivity contribution in [1.29, 1.82) is 0 Å². The maximum Gasteiger partial charge on any atom is 0.410 e. The number of rotatable bonds is 3. The van der Waals surface area contributed by atoms with Crippen molar-refractivity contribution in [3.63, 3.8) is 0 Å². The number of carbonyl (C=O) groups excluding carboxylic acids is 1. The summed E-state index contributed by atoms with van der Waals surface area (Å²) >= 11 is 0. The molecular weight excluding hydrogens is 294 g/mol.